The van der Waals surface area contributed by atoms with Crippen molar-refractivity contribution >= 4 is 17.8 Å². The van der Waals surface area contributed by atoms with Gasteiger partial charge in [-0.25, -0.2) is 5.43 Å². The highest BCUT2D eigenvalue weighted by Crippen LogP contribution is 2.17. The van der Waals surface area contributed by atoms with Crippen molar-refractivity contribution in [1.82, 2.24) is 19.8 Å². The van der Waals surface area contributed by atoms with Gasteiger partial charge >= 0.3 is 0 Å². The third kappa shape index (κ3) is 4.64. The number of non-ortho nitro benzene ring substituents is 1. The minimum atomic E-state index is -0.699. The van der Waals surface area contributed by atoms with Crippen molar-refractivity contribution in [2.75, 3.05) is 0 Å². The van der Waals surface area contributed by atoms with Crippen LogP contribution in [0.25, 0.3) is 11.4 Å². The van der Waals surface area contributed by atoms with Gasteiger partial charge in [-0.1, -0.05) is 12.1 Å². The number of carbonyl (C=O) groups excluding carboxylic acids is 1. The third-order valence-corrected chi connectivity index (χ3v) is 5.39. The van der Waals surface area contributed by atoms with Gasteiger partial charge < -0.3 is 4.57 Å². The molecule has 4 rings (SSSR count). The van der Waals surface area contributed by atoms with Crippen LogP contribution >= 0.6 is 0 Å². The number of rotatable bonds is 6. The second-order valence-corrected chi connectivity index (χ2v) is 7.79. The summed E-state index contributed by atoms with van der Waals surface area (Å²) in [6, 6.07) is 18.3. The van der Waals surface area contributed by atoms with Crippen molar-refractivity contribution in [3.8, 4) is 17.4 Å². The lowest BCUT2D eigenvalue weighted by molar-refractivity contribution is -0.384. The summed E-state index contributed by atoms with van der Waals surface area (Å²) in [5, 5.41) is 28.6. The number of aromatic nitrogens is 3. The molecule has 1 N–H and O–H groups in total. The number of hydrogen-bond acceptors (Lipinski definition) is 7. The number of nitrogens with one attached hydrogen (secondary N) is 1. The predicted molar refractivity (Wildman–Crippen MR) is 132 cm³/mol. The molecule has 0 saturated heterocycles. The Bertz CT molecular complexity index is 1610. The molecule has 0 radical (unpaired) electrons. The van der Waals surface area contributed by atoms with Gasteiger partial charge in [-0.05, 0) is 55.8 Å². The average Bonchev–Trinajstić information content (AvgIpc) is 3.33. The van der Waals surface area contributed by atoms with E-state index in [0.717, 1.165) is 10.2 Å². The quantitative estimate of drug-likeness (QED) is 0.254. The van der Waals surface area contributed by atoms with Crippen LogP contribution in [0.2, 0.25) is 0 Å². The molecule has 0 aliphatic rings. The number of carbonyl (C=O) groups is 1. The van der Waals surface area contributed by atoms with Crippen molar-refractivity contribution in [3.63, 3.8) is 0 Å². The van der Waals surface area contributed by atoms with Crippen LogP contribution in [0.1, 0.15) is 32.9 Å². The number of hydrogen-bond donors (Lipinski definition) is 1. The molecule has 2 aromatic heterocycles. The summed E-state index contributed by atoms with van der Waals surface area (Å²) < 4.78 is 2.76. The van der Waals surface area contributed by atoms with Gasteiger partial charge in [0, 0.05) is 29.6 Å². The first-order chi connectivity index (χ1) is 17.3. The molecule has 0 saturated carbocycles. The SMILES string of the molecule is Cc1cccc(-n2nc(C(=O)N/N=C\c3cccn3-c3ccc([N+](=O)[O-])cc3)c(C)c(C#N)c2=O)c1. The van der Waals surface area contributed by atoms with Crippen molar-refractivity contribution in [1.29, 1.82) is 5.26 Å². The molecule has 0 spiro atoms. The summed E-state index contributed by atoms with van der Waals surface area (Å²) in [5.74, 6) is -0.699. The first kappa shape index (κ1) is 23.8. The van der Waals surface area contributed by atoms with Crippen LogP contribution < -0.4 is 11.0 Å². The average molecular weight is 481 g/mol. The molecule has 2 heterocycles. The molecule has 0 atom stereocenters. The number of nitro benzene ring substituents is 1. The smallest absolute Gasteiger partial charge is 0.292 e. The number of nitriles is 1. The second-order valence-electron chi connectivity index (χ2n) is 7.79. The summed E-state index contributed by atoms with van der Waals surface area (Å²) in [4.78, 5) is 36.1. The van der Waals surface area contributed by atoms with E-state index < -0.39 is 16.4 Å². The standard InChI is InChI=1S/C25H19N7O4/c1-16-5-3-6-20(13-16)31-25(34)22(14-26)17(2)23(29-31)24(33)28-27-15-21-7-4-12-30(21)18-8-10-19(11-9-18)32(35)36/h3-13,15H,1-2H3,(H,28,33)/b27-15-. The Hall–Kier alpha value is -5.37. The van der Waals surface area contributed by atoms with Crippen LogP contribution in [0.5, 0.6) is 0 Å². The molecular formula is C25H19N7O4. The first-order valence-electron chi connectivity index (χ1n) is 10.7. The van der Waals surface area contributed by atoms with E-state index in [1.807, 2.05) is 19.1 Å². The molecule has 0 unspecified atom stereocenters. The topological polar surface area (TPSA) is 148 Å². The van der Waals surface area contributed by atoms with Gasteiger partial charge in [0.1, 0.15) is 11.6 Å². The van der Waals surface area contributed by atoms with Crippen LogP contribution in [0.3, 0.4) is 0 Å². The highest BCUT2D eigenvalue weighted by atomic mass is 16.6. The Morgan fingerprint density at radius 2 is 1.89 bits per heavy atom. The Balaban J connectivity index is 1.61. The fourth-order valence-corrected chi connectivity index (χ4v) is 3.57. The van der Waals surface area contributed by atoms with E-state index in [1.165, 1.54) is 25.3 Å². The van der Waals surface area contributed by atoms with E-state index in [0.29, 0.717) is 17.1 Å². The molecule has 4 aromatic rings. The monoisotopic (exact) mass is 481 g/mol. The number of hydrazone groups is 1. The summed E-state index contributed by atoms with van der Waals surface area (Å²) in [6.45, 7) is 3.33. The van der Waals surface area contributed by atoms with Crippen molar-refractivity contribution in [2.45, 2.75) is 13.8 Å². The number of nitro groups is 1. The van der Waals surface area contributed by atoms with Gasteiger partial charge in [-0.3, -0.25) is 19.7 Å². The maximum Gasteiger partial charge on any atom is 0.292 e. The summed E-state index contributed by atoms with van der Waals surface area (Å²) in [7, 11) is 0. The zero-order valence-electron chi connectivity index (χ0n) is 19.2. The molecular weight excluding hydrogens is 462 g/mol. The van der Waals surface area contributed by atoms with E-state index >= 15 is 0 Å². The van der Waals surface area contributed by atoms with E-state index in [1.54, 1.807) is 53.2 Å². The number of amides is 1. The lowest BCUT2D eigenvalue weighted by Crippen LogP contribution is -2.31. The lowest BCUT2D eigenvalue weighted by atomic mass is 10.1. The highest BCUT2D eigenvalue weighted by Gasteiger charge is 2.20. The second kappa shape index (κ2) is 9.86. The summed E-state index contributed by atoms with van der Waals surface area (Å²) in [6.07, 6.45) is 3.14. The molecule has 0 bridgehead atoms. The maximum absolute atomic E-state index is 12.9. The van der Waals surface area contributed by atoms with Crippen LogP contribution in [0.15, 0.2) is 76.8 Å². The number of benzene rings is 2. The Labute approximate surface area is 204 Å². The van der Waals surface area contributed by atoms with Gasteiger partial charge in [0.25, 0.3) is 17.2 Å². The lowest BCUT2D eigenvalue weighted by Gasteiger charge is -2.11. The van der Waals surface area contributed by atoms with Crippen LogP contribution in [-0.2, 0) is 0 Å². The molecule has 1 amide bonds. The van der Waals surface area contributed by atoms with E-state index in [-0.39, 0.29) is 22.5 Å². The van der Waals surface area contributed by atoms with E-state index in [2.05, 4.69) is 15.6 Å². The van der Waals surface area contributed by atoms with Crippen LogP contribution in [-0.4, -0.2) is 31.4 Å². The van der Waals surface area contributed by atoms with Crippen LogP contribution in [0, 0.1) is 35.3 Å². The molecule has 11 heteroatoms. The summed E-state index contributed by atoms with van der Waals surface area (Å²) >= 11 is 0. The van der Waals surface area contributed by atoms with E-state index in [4.69, 9.17) is 0 Å². The van der Waals surface area contributed by atoms with Crippen molar-refractivity contribution in [3.05, 3.63) is 115 Å². The molecule has 11 nitrogen and oxygen atoms in total. The summed E-state index contributed by atoms with van der Waals surface area (Å²) in [5.41, 5.74) is 4.14. The van der Waals surface area contributed by atoms with Gasteiger partial charge in [0.2, 0.25) is 0 Å². The largest absolute Gasteiger partial charge is 0.316 e. The molecule has 36 heavy (non-hydrogen) atoms. The number of aryl methyl sites for hydroxylation is 1. The maximum atomic E-state index is 12.9. The van der Waals surface area contributed by atoms with Gasteiger partial charge in [0.15, 0.2) is 5.69 Å². The first-order valence-corrected chi connectivity index (χ1v) is 10.7. The van der Waals surface area contributed by atoms with E-state index in [9.17, 15) is 25.0 Å². The minimum Gasteiger partial charge on any atom is -0.316 e. The Kier molecular flexibility index (Phi) is 6.51. The van der Waals surface area contributed by atoms with Crippen LogP contribution in [0.4, 0.5) is 5.69 Å². The minimum absolute atomic E-state index is 0.0278. The fraction of sp³-hybridized carbons (Fsp3) is 0.0800. The van der Waals surface area contributed by atoms with Crippen molar-refractivity contribution < 1.29 is 9.72 Å². The Morgan fingerprint density at radius 1 is 1.14 bits per heavy atom. The molecule has 0 fully saturated rings. The Morgan fingerprint density at radius 3 is 2.56 bits per heavy atom. The molecule has 178 valence electrons. The van der Waals surface area contributed by atoms with Gasteiger partial charge in [-0.15, -0.1) is 0 Å². The van der Waals surface area contributed by atoms with Gasteiger partial charge in [-0.2, -0.15) is 20.1 Å². The van der Waals surface area contributed by atoms with Crippen molar-refractivity contribution in [2.24, 2.45) is 5.10 Å². The van der Waals surface area contributed by atoms with Gasteiger partial charge in [0.05, 0.1) is 22.5 Å². The molecule has 0 aliphatic carbocycles. The molecule has 2 aromatic carbocycles. The fourth-order valence-electron chi connectivity index (χ4n) is 3.57. The predicted octanol–water partition coefficient (Wildman–Crippen LogP) is 3.18. The molecule has 0 aliphatic heterocycles. The zero-order chi connectivity index (χ0) is 25.8. The highest BCUT2D eigenvalue weighted by molar-refractivity contribution is 5.94. The normalized spacial score (nSPS) is 10.8. The zero-order valence-corrected chi connectivity index (χ0v) is 19.2. The third-order valence-electron chi connectivity index (χ3n) is 5.39. The number of nitrogens with zero attached hydrogens (tertiary/aromatic N) is 6.